The zero-order valence-electron chi connectivity index (χ0n) is 9.05. The third kappa shape index (κ3) is 4.55. The van der Waals surface area contributed by atoms with Crippen LogP contribution in [-0.2, 0) is 11.3 Å². The fourth-order valence-electron chi connectivity index (χ4n) is 1.19. The van der Waals surface area contributed by atoms with Crippen molar-refractivity contribution in [1.82, 2.24) is 5.32 Å². The molecule has 0 aliphatic heterocycles. The molecule has 0 radical (unpaired) electrons. The molecule has 0 heterocycles. The van der Waals surface area contributed by atoms with Crippen LogP contribution in [0.2, 0.25) is 0 Å². The molecule has 0 saturated heterocycles. The van der Waals surface area contributed by atoms with Gasteiger partial charge in [0.15, 0.2) is 0 Å². The summed E-state index contributed by atoms with van der Waals surface area (Å²) in [6.45, 7) is 1.68. The summed E-state index contributed by atoms with van der Waals surface area (Å²) in [5, 5.41) is 3.14. The van der Waals surface area contributed by atoms with E-state index in [2.05, 4.69) is 39.4 Å². The summed E-state index contributed by atoms with van der Waals surface area (Å²) in [4.78, 5) is 1.28. The van der Waals surface area contributed by atoms with Gasteiger partial charge in [0.25, 0.3) is 0 Å². The van der Waals surface area contributed by atoms with Crippen LogP contribution in [0.3, 0.4) is 0 Å². The summed E-state index contributed by atoms with van der Waals surface area (Å²) in [5.41, 5.74) is 1.29. The minimum atomic E-state index is 0.792. The lowest BCUT2D eigenvalue weighted by molar-refractivity contribution is 0.218. The molecule has 1 aromatic rings. The minimum absolute atomic E-state index is 0.792. The quantitative estimate of drug-likeness (QED) is 0.643. The Morgan fingerprint density at radius 1 is 1.47 bits per heavy atom. The Labute approximate surface area is 104 Å². The largest absolute Gasteiger partial charge is 0.384 e. The molecule has 1 aromatic carbocycles. The third-order valence-corrected chi connectivity index (χ3v) is 3.64. The van der Waals surface area contributed by atoms with Gasteiger partial charge >= 0.3 is 0 Å². The number of rotatable bonds is 6. The second kappa shape index (κ2) is 7.28. The highest BCUT2D eigenvalue weighted by atomic mass is 79.9. The number of methoxy groups -OCH3 is 1. The maximum absolute atomic E-state index is 5.01. The molecule has 2 nitrogen and oxygen atoms in total. The summed E-state index contributed by atoms with van der Waals surface area (Å²) in [7, 11) is 3.68. The highest BCUT2D eigenvalue weighted by molar-refractivity contribution is 9.10. The lowest BCUT2D eigenvalue weighted by atomic mass is 10.2. The standard InChI is InChI=1S/C11H16BrNOS/c1-13-8-9-3-4-10(7-11(9)12)15-6-5-14-2/h3-4,7,13H,5-6,8H2,1-2H3. The monoisotopic (exact) mass is 289 g/mol. The molecular formula is C11H16BrNOS. The zero-order valence-corrected chi connectivity index (χ0v) is 11.5. The summed E-state index contributed by atoms with van der Waals surface area (Å²) in [6, 6.07) is 6.46. The zero-order chi connectivity index (χ0) is 11.1. The van der Waals surface area contributed by atoms with Crippen LogP contribution < -0.4 is 5.32 Å². The van der Waals surface area contributed by atoms with E-state index in [1.165, 1.54) is 14.9 Å². The van der Waals surface area contributed by atoms with Crippen LogP contribution in [0.25, 0.3) is 0 Å². The molecule has 0 aromatic heterocycles. The normalized spacial score (nSPS) is 10.6. The van der Waals surface area contributed by atoms with Crippen LogP contribution in [0.5, 0.6) is 0 Å². The molecule has 1 N–H and O–H groups in total. The smallest absolute Gasteiger partial charge is 0.0556 e. The van der Waals surface area contributed by atoms with Crippen LogP contribution in [0.4, 0.5) is 0 Å². The Hall–Kier alpha value is -0.0300. The predicted octanol–water partition coefficient (Wildman–Crippen LogP) is 2.91. The summed E-state index contributed by atoms with van der Waals surface area (Å²) in [6.07, 6.45) is 0. The fourth-order valence-corrected chi connectivity index (χ4v) is 2.72. The Morgan fingerprint density at radius 2 is 2.27 bits per heavy atom. The van der Waals surface area contributed by atoms with Gasteiger partial charge in [-0.05, 0) is 24.7 Å². The SMILES string of the molecule is CNCc1ccc(SCCOC)cc1Br. The number of halogens is 1. The molecule has 0 aliphatic rings. The van der Waals surface area contributed by atoms with Crippen molar-refractivity contribution in [1.29, 1.82) is 0 Å². The molecule has 84 valence electrons. The van der Waals surface area contributed by atoms with Crippen molar-refractivity contribution >= 4 is 27.7 Å². The van der Waals surface area contributed by atoms with E-state index < -0.39 is 0 Å². The van der Waals surface area contributed by atoms with Gasteiger partial charge in [-0.1, -0.05) is 22.0 Å². The van der Waals surface area contributed by atoms with Crippen molar-refractivity contribution in [3.05, 3.63) is 28.2 Å². The molecule has 0 atom stereocenters. The van der Waals surface area contributed by atoms with Crippen LogP contribution in [0, 0.1) is 0 Å². The number of hydrogen-bond acceptors (Lipinski definition) is 3. The van der Waals surface area contributed by atoms with Gasteiger partial charge in [0.2, 0.25) is 0 Å². The molecule has 15 heavy (non-hydrogen) atoms. The molecule has 0 amide bonds. The van der Waals surface area contributed by atoms with Crippen LogP contribution in [-0.4, -0.2) is 26.5 Å². The van der Waals surface area contributed by atoms with Gasteiger partial charge in [-0.25, -0.2) is 0 Å². The maximum atomic E-state index is 5.01. The first-order valence-corrected chi connectivity index (χ1v) is 6.60. The van der Waals surface area contributed by atoms with E-state index in [4.69, 9.17) is 4.74 Å². The molecule has 0 fully saturated rings. The molecule has 0 bridgehead atoms. The van der Waals surface area contributed by atoms with Crippen molar-refractivity contribution in [2.45, 2.75) is 11.4 Å². The maximum Gasteiger partial charge on any atom is 0.0556 e. The average molecular weight is 290 g/mol. The Kier molecular flexibility index (Phi) is 6.32. The van der Waals surface area contributed by atoms with Crippen LogP contribution in [0.1, 0.15) is 5.56 Å². The average Bonchev–Trinajstić information content (AvgIpc) is 2.23. The molecular weight excluding hydrogens is 274 g/mol. The van der Waals surface area contributed by atoms with Crippen LogP contribution in [0.15, 0.2) is 27.6 Å². The summed E-state index contributed by atoms with van der Waals surface area (Å²) < 4.78 is 6.18. The van der Waals surface area contributed by atoms with E-state index in [-0.39, 0.29) is 0 Å². The van der Waals surface area contributed by atoms with E-state index in [9.17, 15) is 0 Å². The van der Waals surface area contributed by atoms with Crippen molar-refractivity contribution in [3.63, 3.8) is 0 Å². The van der Waals surface area contributed by atoms with E-state index >= 15 is 0 Å². The first-order valence-electron chi connectivity index (χ1n) is 4.82. The molecule has 4 heteroatoms. The first kappa shape index (κ1) is 13.0. The molecule has 0 unspecified atom stereocenters. The number of ether oxygens (including phenoxy) is 1. The van der Waals surface area contributed by atoms with E-state index in [1.54, 1.807) is 7.11 Å². The third-order valence-electron chi connectivity index (χ3n) is 1.95. The number of benzene rings is 1. The van der Waals surface area contributed by atoms with Crippen molar-refractivity contribution in [3.8, 4) is 0 Å². The van der Waals surface area contributed by atoms with Gasteiger partial charge in [-0.15, -0.1) is 11.8 Å². The highest BCUT2D eigenvalue weighted by Gasteiger charge is 2.01. The summed E-state index contributed by atoms with van der Waals surface area (Å²) >= 11 is 5.38. The first-order chi connectivity index (χ1) is 7.27. The summed E-state index contributed by atoms with van der Waals surface area (Å²) in [5.74, 6) is 0.994. The number of nitrogens with one attached hydrogen (secondary N) is 1. The number of thioether (sulfide) groups is 1. The topological polar surface area (TPSA) is 21.3 Å². The second-order valence-electron chi connectivity index (χ2n) is 3.12. The van der Waals surface area contributed by atoms with Gasteiger partial charge in [-0.2, -0.15) is 0 Å². The van der Waals surface area contributed by atoms with Gasteiger partial charge in [0, 0.05) is 28.8 Å². The highest BCUT2D eigenvalue weighted by Crippen LogP contribution is 2.25. The Balaban J connectivity index is 2.56. The van der Waals surface area contributed by atoms with E-state index in [1.807, 2.05) is 18.8 Å². The van der Waals surface area contributed by atoms with Crippen molar-refractivity contribution < 1.29 is 4.74 Å². The predicted molar refractivity (Wildman–Crippen MR) is 69.5 cm³/mol. The lowest BCUT2D eigenvalue weighted by Gasteiger charge is -2.06. The van der Waals surface area contributed by atoms with Gasteiger partial charge in [0.1, 0.15) is 0 Å². The van der Waals surface area contributed by atoms with Crippen LogP contribution >= 0.6 is 27.7 Å². The van der Waals surface area contributed by atoms with Gasteiger partial charge < -0.3 is 10.1 Å². The second-order valence-corrected chi connectivity index (χ2v) is 5.15. The van der Waals surface area contributed by atoms with Gasteiger partial charge in [0.05, 0.1) is 6.61 Å². The molecule has 0 saturated carbocycles. The lowest BCUT2D eigenvalue weighted by Crippen LogP contribution is -2.05. The van der Waals surface area contributed by atoms with E-state index in [0.29, 0.717) is 0 Å². The molecule has 1 rings (SSSR count). The Morgan fingerprint density at radius 3 is 2.87 bits per heavy atom. The van der Waals surface area contributed by atoms with Crippen molar-refractivity contribution in [2.75, 3.05) is 26.5 Å². The molecule has 0 spiro atoms. The fraction of sp³-hybridized carbons (Fsp3) is 0.455. The number of hydrogen-bond donors (Lipinski definition) is 1. The molecule has 0 aliphatic carbocycles. The van der Waals surface area contributed by atoms with E-state index in [0.717, 1.165) is 18.9 Å². The van der Waals surface area contributed by atoms with Gasteiger partial charge in [-0.3, -0.25) is 0 Å². The minimum Gasteiger partial charge on any atom is -0.384 e. The van der Waals surface area contributed by atoms with Crippen molar-refractivity contribution in [2.24, 2.45) is 0 Å². The Bertz CT molecular complexity index is 307.